The lowest BCUT2D eigenvalue weighted by Gasteiger charge is -2.29. The lowest BCUT2D eigenvalue weighted by Crippen LogP contribution is -2.56. The maximum absolute atomic E-state index is 14.3. The first kappa shape index (κ1) is 37.1. The Hall–Kier alpha value is -5.18. The van der Waals surface area contributed by atoms with Gasteiger partial charge in [-0.3, -0.25) is 9.59 Å². The van der Waals surface area contributed by atoms with E-state index in [0.29, 0.717) is 45.4 Å². The number of anilines is 1. The molecule has 4 aliphatic rings. The second kappa shape index (κ2) is 15.3. The maximum atomic E-state index is 14.3. The summed E-state index contributed by atoms with van der Waals surface area (Å²) in [5.74, 6) is -1.80. The molecular weight excluding hydrogens is 713 g/mol. The highest BCUT2D eigenvalue weighted by molar-refractivity contribution is 7.14. The lowest BCUT2D eigenvalue weighted by atomic mass is 9.93. The molecule has 3 saturated carbocycles. The first-order chi connectivity index (χ1) is 26.0. The fourth-order valence-corrected chi connectivity index (χ4v) is 8.24. The minimum atomic E-state index is -1.52. The van der Waals surface area contributed by atoms with Crippen molar-refractivity contribution in [3.05, 3.63) is 54.5 Å². The first-order valence-corrected chi connectivity index (χ1v) is 19.3. The van der Waals surface area contributed by atoms with Crippen LogP contribution in [-0.2, 0) is 19.1 Å². The second-order valence-electron chi connectivity index (χ2n) is 14.7. The number of rotatable bonds is 14. The zero-order valence-electron chi connectivity index (χ0n) is 30.5. The molecule has 286 valence electrons. The van der Waals surface area contributed by atoms with Gasteiger partial charge in [0.2, 0.25) is 11.8 Å². The molecule has 0 unspecified atom stereocenters. The van der Waals surface area contributed by atoms with Gasteiger partial charge in [0.25, 0.3) is 0 Å². The Morgan fingerprint density at radius 3 is 2.50 bits per heavy atom. The summed E-state index contributed by atoms with van der Waals surface area (Å²) in [4.78, 5) is 64.6. The minimum Gasteiger partial charge on any atom is -0.497 e. The van der Waals surface area contributed by atoms with Gasteiger partial charge in [0.15, 0.2) is 5.13 Å². The predicted molar refractivity (Wildman–Crippen MR) is 202 cm³/mol. The van der Waals surface area contributed by atoms with Crippen molar-refractivity contribution in [2.75, 3.05) is 19.0 Å². The minimum absolute atomic E-state index is 0.0352. The highest BCUT2D eigenvalue weighted by Gasteiger charge is 2.61. The molecule has 4 fully saturated rings. The first-order valence-electron chi connectivity index (χ1n) is 18.5. The molecule has 7 rings (SSSR count). The van der Waals surface area contributed by atoms with Crippen molar-refractivity contribution >= 4 is 51.2 Å². The molecule has 15 heteroatoms. The Morgan fingerprint density at radius 1 is 1.07 bits per heavy atom. The smallest absolute Gasteiger partial charge is 0.408 e. The number of likely N-dealkylation sites (tertiary alicyclic amines) is 1. The van der Waals surface area contributed by atoms with Gasteiger partial charge in [0.05, 0.1) is 24.9 Å². The van der Waals surface area contributed by atoms with Crippen LogP contribution < -0.4 is 25.4 Å². The number of benzene rings is 1. The van der Waals surface area contributed by atoms with Crippen molar-refractivity contribution in [1.82, 2.24) is 25.5 Å². The molecule has 0 spiro atoms. The molecule has 3 amide bonds. The molecule has 1 aromatic carbocycles. The number of carbonyl (C=O) groups is 4. The number of thiazole rings is 1. The molecule has 14 nitrogen and oxygen atoms in total. The summed E-state index contributed by atoms with van der Waals surface area (Å²) in [6.45, 7) is 9.24. The van der Waals surface area contributed by atoms with Crippen LogP contribution in [0.4, 0.5) is 9.93 Å². The number of ether oxygens (including phenoxy) is 3. The number of nitrogens with one attached hydrogen (secondary N) is 3. The summed E-state index contributed by atoms with van der Waals surface area (Å²) >= 11 is 1.50. The average Bonchev–Trinajstić information content (AvgIpc) is 3.55. The van der Waals surface area contributed by atoms with Gasteiger partial charge in [-0.1, -0.05) is 12.7 Å². The summed E-state index contributed by atoms with van der Waals surface area (Å²) in [7, 11) is 1.57. The highest BCUT2D eigenvalue weighted by Crippen LogP contribution is 2.45. The number of carboxylic acids is 1. The van der Waals surface area contributed by atoms with Gasteiger partial charge in [-0.15, -0.1) is 17.9 Å². The highest BCUT2D eigenvalue weighted by atomic mass is 32.1. The predicted octanol–water partition coefficient (Wildman–Crippen LogP) is 5.44. The monoisotopic (exact) mass is 758 g/mol. The quantitative estimate of drug-likeness (QED) is 0.154. The number of aliphatic carboxylic acids is 1. The van der Waals surface area contributed by atoms with E-state index < -0.39 is 53.5 Å². The molecular formula is C39H46N6O8S. The molecule has 4 N–H and O–H groups in total. The van der Waals surface area contributed by atoms with Gasteiger partial charge in [0, 0.05) is 41.3 Å². The Bertz CT molecular complexity index is 1970. The number of nitrogens with zero attached hydrogens (tertiary/aromatic N) is 3. The van der Waals surface area contributed by atoms with Crippen molar-refractivity contribution in [3.63, 3.8) is 0 Å². The standard InChI is InChI=1S/C39H46N6O8S/c1-5-22-18-39(22,36(48)49)44-34(46)31-16-26(19-45(31)35(47)33(21(2)3)43-38(50)53-24-11-6-7-12-24)52-32-17-29(41-28-15-25(51-4)13-14-27(28)32)30-20-54-37(42-30)40-23-9-8-10-23/h5,13-15,17,20,22-24,26,31,33H,1-2,6-12,16,18-19H2,3-4H3,(H,40,42)(H,43,50)(H,44,46)(H,48,49)/t22-,26-,31+,33+,39-/m1/s1. The summed E-state index contributed by atoms with van der Waals surface area (Å²) in [5.41, 5.74) is 0.666. The summed E-state index contributed by atoms with van der Waals surface area (Å²) in [5, 5.41) is 22.3. The third kappa shape index (κ3) is 7.59. The maximum Gasteiger partial charge on any atom is 0.408 e. The van der Waals surface area contributed by atoms with E-state index in [9.17, 15) is 24.3 Å². The van der Waals surface area contributed by atoms with Crippen LogP contribution in [-0.4, -0.2) is 93.4 Å². The average molecular weight is 759 g/mol. The number of fused-ring (bicyclic) bond motifs is 1. The fourth-order valence-electron chi connectivity index (χ4n) is 7.46. The zero-order chi connectivity index (χ0) is 38.1. The van der Waals surface area contributed by atoms with E-state index >= 15 is 0 Å². The van der Waals surface area contributed by atoms with Gasteiger partial charge >= 0.3 is 12.1 Å². The second-order valence-corrected chi connectivity index (χ2v) is 15.6. The number of amides is 3. The van der Waals surface area contributed by atoms with Crippen LogP contribution in [0, 0.1) is 5.92 Å². The summed E-state index contributed by atoms with van der Waals surface area (Å²) in [6, 6.07) is 5.33. The van der Waals surface area contributed by atoms with Gasteiger partial charge in [-0.05, 0) is 76.0 Å². The Balaban J connectivity index is 1.18. The SMILES string of the molecule is C=C[C@@H]1C[C@]1(NC(=O)[C@@H]1C[C@@H](Oc2cc(-c3csc(NC4CCC4)n3)nc3cc(OC)ccc23)CN1C(=O)[C@@H](NC(=O)OC1CCCC1)C(=C)C)C(=O)O. The molecule has 1 aliphatic heterocycles. The van der Waals surface area contributed by atoms with E-state index in [1.165, 1.54) is 28.7 Å². The normalized spacial score (nSPS) is 24.3. The zero-order valence-corrected chi connectivity index (χ0v) is 31.3. The van der Waals surface area contributed by atoms with Crippen LogP contribution >= 0.6 is 11.3 Å². The Morgan fingerprint density at radius 2 is 1.85 bits per heavy atom. The van der Waals surface area contributed by atoms with Crippen LogP contribution in [0.25, 0.3) is 22.3 Å². The van der Waals surface area contributed by atoms with E-state index in [1.54, 1.807) is 32.2 Å². The number of carbonyl (C=O) groups excluding carboxylic acids is 3. The van der Waals surface area contributed by atoms with Gasteiger partial charge < -0.3 is 40.2 Å². The molecule has 54 heavy (non-hydrogen) atoms. The topological polar surface area (TPSA) is 181 Å². The van der Waals surface area contributed by atoms with Crippen LogP contribution in [0.2, 0.25) is 0 Å². The van der Waals surface area contributed by atoms with E-state index in [1.807, 2.05) is 11.4 Å². The number of pyridine rings is 1. The van der Waals surface area contributed by atoms with Crippen molar-refractivity contribution in [1.29, 1.82) is 0 Å². The molecule has 0 bridgehead atoms. The van der Waals surface area contributed by atoms with E-state index in [-0.39, 0.29) is 25.5 Å². The number of carboxylic acid groups (broad SMARTS) is 1. The van der Waals surface area contributed by atoms with Gasteiger partial charge in [-0.2, -0.15) is 0 Å². The molecule has 3 heterocycles. The van der Waals surface area contributed by atoms with Crippen molar-refractivity contribution < 1.29 is 38.5 Å². The Kier molecular flexibility index (Phi) is 10.5. The van der Waals surface area contributed by atoms with Crippen LogP contribution in [0.15, 0.2) is 54.5 Å². The molecule has 0 radical (unpaired) electrons. The molecule has 3 aromatic rings. The third-order valence-electron chi connectivity index (χ3n) is 10.9. The Labute approximate surface area is 317 Å². The van der Waals surface area contributed by atoms with Crippen molar-refractivity contribution in [3.8, 4) is 22.9 Å². The van der Waals surface area contributed by atoms with Gasteiger partial charge in [0.1, 0.15) is 47.0 Å². The molecule has 2 aromatic heterocycles. The van der Waals surface area contributed by atoms with E-state index in [0.717, 1.165) is 43.7 Å². The van der Waals surface area contributed by atoms with E-state index in [2.05, 4.69) is 29.1 Å². The molecule has 3 aliphatic carbocycles. The van der Waals surface area contributed by atoms with Crippen LogP contribution in [0.5, 0.6) is 11.5 Å². The van der Waals surface area contributed by atoms with Crippen molar-refractivity contribution in [2.45, 2.75) is 101 Å². The summed E-state index contributed by atoms with van der Waals surface area (Å²) in [6.07, 6.45) is 6.90. The number of hydrogen-bond acceptors (Lipinski definition) is 11. The fraction of sp³-hybridized carbons (Fsp3) is 0.487. The lowest BCUT2D eigenvalue weighted by molar-refractivity contribution is -0.145. The van der Waals surface area contributed by atoms with Crippen LogP contribution in [0.3, 0.4) is 0 Å². The van der Waals surface area contributed by atoms with E-state index in [4.69, 9.17) is 24.2 Å². The number of hydrogen-bond donors (Lipinski definition) is 4. The number of methoxy groups -OCH3 is 1. The number of alkyl carbamates (subject to hydrolysis) is 1. The number of aromatic nitrogens is 2. The third-order valence-corrected chi connectivity index (χ3v) is 11.7. The largest absolute Gasteiger partial charge is 0.497 e. The van der Waals surface area contributed by atoms with Gasteiger partial charge in [-0.25, -0.2) is 19.6 Å². The summed E-state index contributed by atoms with van der Waals surface area (Å²) < 4.78 is 17.7. The molecule has 5 atom stereocenters. The molecule has 1 saturated heterocycles. The van der Waals surface area contributed by atoms with Crippen LogP contribution in [0.1, 0.15) is 64.7 Å². The van der Waals surface area contributed by atoms with Crippen molar-refractivity contribution in [2.24, 2.45) is 5.92 Å².